The summed E-state index contributed by atoms with van der Waals surface area (Å²) in [6.07, 6.45) is 0. The van der Waals surface area contributed by atoms with Gasteiger partial charge >= 0.3 is 6.03 Å². The molecule has 0 unspecified atom stereocenters. The van der Waals surface area contributed by atoms with Crippen LogP contribution in [-0.2, 0) is 9.59 Å². The minimum Gasteiger partial charge on any atom is -0.368 e. The first-order valence-electron chi connectivity index (χ1n) is 7.41. The molecule has 0 aliphatic carbocycles. The summed E-state index contributed by atoms with van der Waals surface area (Å²) in [5.41, 5.74) is 0.910. The lowest BCUT2D eigenvalue weighted by Gasteiger charge is -2.36. The van der Waals surface area contributed by atoms with Crippen molar-refractivity contribution >= 4 is 23.5 Å². The molecule has 0 aromatic heterocycles. The van der Waals surface area contributed by atoms with Gasteiger partial charge in [-0.15, -0.1) is 0 Å². The molecule has 3 rings (SSSR count). The molecule has 23 heavy (non-hydrogen) atoms. The first kappa shape index (κ1) is 15.3. The summed E-state index contributed by atoms with van der Waals surface area (Å²) < 4.78 is 12.9. The molecule has 8 heteroatoms. The standard InChI is InChI=1S/C15H17FN4O3/c16-11-1-3-12(4-2-11)18-5-7-19(8-6-18)14(22)10-20-13(21)9-17-15(20)23/h1-4H,5-10H2,(H,17,23). The van der Waals surface area contributed by atoms with Gasteiger partial charge in [-0.2, -0.15) is 0 Å². The second-order valence-corrected chi connectivity index (χ2v) is 5.48. The maximum atomic E-state index is 12.9. The molecule has 4 amide bonds. The average molecular weight is 320 g/mol. The van der Waals surface area contributed by atoms with Crippen LogP contribution in [0.4, 0.5) is 14.9 Å². The van der Waals surface area contributed by atoms with Gasteiger partial charge < -0.3 is 15.1 Å². The van der Waals surface area contributed by atoms with E-state index in [0.29, 0.717) is 26.2 Å². The molecule has 2 aliphatic heterocycles. The number of imide groups is 1. The molecular formula is C15H17FN4O3. The molecule has 1 N–H and O–H groups in total. The average Bonchev–Trinajstić information content (AvgIpc) is 2.87. The molecule has 2 heterocycles. The van der Waals surface area contributed by atoms with E-state index in [1.54, 1.807) is 17.0 Å². The molecule has 1 aromatic rings. The van der Waals surface area contributed by atoms with Crippen LogP contribution in [0.1, 0.15) is 0 Å². The minimum atomic E-state index is -0.520. The summed E-state index contributed by atoms with van der Waals surface area (Å²) in [7, 11) is 0. The number of carbonyl (C=O) groups is 3. The van der Waals surface area contributed by atoms with Crippen molar-refractivity contribution in [2.45, 2.75) is 0 Å². The largest absolute Gasteiger partial charge is 0.368 e. The van der Waals surface area contributed by atoms with Gasteiger partial charge in [0.05, 0.1) is 6.54 Å². The topological polar surface area (TPSA) is 73.0 Å². The van der Waals surface area contributed by atoms with E-state index in [2.05, 4.69) is 10.2 Å². The Hall–Kier alpha value is -2.64. The second kappa shape index (κ2) is 6.23. The number of benzene rings is 1. The van der Waals surface area contributed by atoms with Gasteiger partial charge in [0, 0.05) is 31.9 Å². The fraction of sp³-hybridized carbons (Fsp3) is 0.400. The van der Waals surface area contributed by atoms with Crippen molar-refractivity contribution in [3.05, 3.63) is 30.1 Å². The van der Waals surface area contributed by atoms with E-state index < -0.39 is 6.03 Å². The molecule has 0 bridgehead atoms. The number of nitrogens with zero attached hydrogens (tertiary/aromatic N) is 3. The Balaban J connectivity index is 1.54. The summed E-state index contributed by atoms with van der Waals surface area (Å²) in [5, 5.41) is 2.39. The van der Waals surface area contributed by atoms with Gasteiger partial charge in [0.1, 0.15) is 12.4 Å². The third kappa shape index (κ3) is 3.25. The van der Waals surface area contributed by atoms with Gasteiger partial charge in [0.25, 0.3) is 5.91 Å². The molecule has 0 radical (unpaired) electrons. The first-order chi connectivity index (χ1) is 11.0. The van der Waals surface area contributed by atoms with Gasteiger partial charge in [-0.1, -0.05) is 0 Å². The number of anilines is 1. The third-order valence-electron chi connectivity index (χ3n) is 4.05. The SMILES string of the molecule is O=C(CN1C(=O)CNC1=O)N1CCN(c2ccc(F)cc2)CC1. The molecule has 2 fully saturated rings. The highest BCUT2D eigenvalue weighted by atomic mass is 19.1. The number of hydrogen-bond donors (Lipinski definition) is 1. The molecule has 0 spiro atoms. The number of rotatable bonds is 3. The van der Waals surface area contributed by atoms with Crippen molar-refractivity contribution in [2.24, 2.45) is 0 Å². The van der Waals surface area contributed by atoms with Crippen molar-refractivity contribution in [3.63, 3.8) is 0 Å². The lowest BCUT2D eigenvalue weighted by molar-refractivity contribution is -0.136. The number of hydrogen-bond acceptors (Lipinski definition) is 4. The molecule has 2 aliphatic rings. The summed E-state index contributed by atoms with van der Waals surface area (Å²) in [5.74, 6) is -0.904. The predicted octanol–water partition coefficient (Wildman–Crippen LogP) is 0.0261. The maximum Gasteiger partial charge on any atom is 0.325 e. The Kier molecular flexibility index (Phi) is 4.14. The summed E-state index contributed by atoms with van der Waals surface area (Å²) in [6, 6.07) is 5.71. The Bertz CT molecular complexity index is 610. The van der Waals surface area contributed by atoms with Crippen LogP contribution in [0.25, 0.3) is 0 Å². The Morgan fingerprint density at radius 3 is 2.30 bits per heavy atom. The summed E-state index contributed by atoms with van der Waals surface area (Å²) >= 11 is 0. The molecule has 2 saturated heterocycles. The number of piperazine rings is 1. The number of nitrogens with one attached hydrogen (secondary N) is 1. The van der Waals surface area contributed by atoms with E-state index in [-0.39, 0.29) is 30.7 Å². The van der Waals surface area contributed by atoms with Crippen LogP contribution in [0.15, 0.2) is 24.3 Å². The monoisotopic (exact) mass is 320 g/mol. The quantitative estimate of drug-likeness (QED) is 0.797. The highest BCUT2D eigenvalue weighted by Crippen LogP contribution is 2.17. The minimum absolute atomic E-state index is 0.0511. The molecule has 0 saturated carbocycles. The lowest BCUT2D eigenvalue weighted by Crippen LogP contribution is -2.52. The zero-order valence-electron chi connectivity index (χ0n) is 12.5. The molecule has 1 aromatic carbocycles. The van der Waals surface area contributed by atoms with Gasteiger partial charge in [0.15, 0.2) is 0 Å². The highest BCUT2D eigenvalue weighted by Gasteiger charge is 2.32. The van der Waals surface area contributed by atoms with Crippen molar-refractivity contribution in [1.82, 2.24) is 15.1 Å². The van der Waals surface area contributed by atoms with E-state index in [9.17, 15) is 18.8 Å². The van der Waals surface area contributed by atoms with Crippen LogP contribution >= 0.6 is 0 Å². The normalized spacial score (nSPS) is 18.4. The van der Waals surface area contributed by atoms with E-state index in [1.165, 1.54) is 12.1 Å². The summed E-state index contributed by atoms with van der Waals surface area (Å²) in [4.78, 5) is 39.8. The van der Waals surface area contributed by atoms with Crippen molar-refractivity contribution in [3.8, 4) is 0 Å². The molecule has 122 valence electrons. The molecule has 7 nitrogen and oxygen atoms in total. The maximum absolute atomic E-state index is 12.9. The van der Waals surface area contributed by atoms with Crippen molar-refractivity contribution < 1.29 is 18.8 Å². The number of urea groups is 1. The predicted molar refractivity (Wildman–Crippen MR) is 80.3 cm³/mol. The first-order valence-corrected chi connectivity index (χ1v) is 7.41. The molecular weight excluding hydrogens is 303 g/mol. The zero-order valence-corrected chi connectivity index (χ0v) is 12.5. The fourth-order valence-electron chi connectivity index (χ4n) is 2.72. The number of carbonyl (C=O) groups excluding carboxylic acids is 3. The Morgan fingerprint density at radius 1 is 1.09 bits per heavy atom. The van der Waals surface area contributed by atoms with E-state index in [1.807, 2.05) is 0 Å². The van der Waals surface area contributed by atoms with Crippen LogP contribution in [0.3, 0.4) is 0 Å². The van der Waals surface area contributed by atoms with Crippen LogP contribution < -0.4 is 10.2 Å². The van der Waals surface area contributed by atoms with E-state index in [4.69, 9.17) is 0 Å². The number of amides is 4. The zero-order chi connectivity index (χ0) is 16.4. The fourth-order valence-corrected chi connectivity index (χ4v) is 2.72. The molecule has 0 atom stereocenters. The van der Waals surface area contributed by atoms with E-state index >= 15 is 0 Å². The highest BCUT2D eigenvalue weighted by molar-refractivity contribution is 6.04. The van der Waals surface area contributed by atoms with E-state index in [0.717, 1.165) is 10.6 Å². The van der Waals surface area contributed by atoms with Crippen molar-refractivity contribution in [2.75, 3.05) is 44.2 Å². The van der Waals surface area contributed by atoms with Crippen LogP contribution in [-0.4, -0.2) is 66.9 Å². The number of halogens is 1. The van der Waals surface area contributed by atoms with Crippen molar-refractivity contribution in [1.29, 1.82) is 0 Å². The Morgan fingerprint density at radius 2 is 1.74 bits per heavy atom. The smallest absolute Gasteiger partial charge is 0.325 e. The van der Waals surface area contributed by atoms with Crippen LogP contribution in [0.5, 0.6) is 0 Å². The Labute approximate surface area is 132 Å². The lowest BCUT2D eigenvalue weighted by atomic mass is 10.2. The van der Waals surface area contributed by atoms with Crippen LogP contribution in [0.2, 0.25) is 0 Å². The van der Waals surface area contributed by atoms with Gasteiger partial charge in [-0.25, -0.2) is 9.18 Å². The van der Waals surface area contributed by atoms with Gasteiger partial charge in [-0.05, 0) is 24.3 Å². The second-order valence-electron chi connectivity index (χ2n) is 5.48. The summed E-state index contributed by atoms with van der Waals surface area (Å²) in [6.45, 7) is 1.97. The van der Waals surface area contributed by atoms with Crippen LogP contribution in [0, 0.1) is 5.82 Å². The van der Waals surface area contributed by atoms with Gasteiger partial charge in [-0.3, -0.25) is 14.5 Å². The van der Waals surface area contributed by atoms with Gasteiger partial charge in [0.2, 0.25) is 5.91 Å². The third-order valence-corrected chi connectivity index (χ3v) is 4.05.